The lowest BCUT2D eigenvalue weighted by Crippen LogP contribution is -2.26. The summed E-state index contributed by atoms with van der Waals surface area (Å²) in [7, 11) is 2.00. The van der Waals surface area contributed by atoms with Crippen molar-refractivity contribution >= 4 is 10.9 Å². The van der Waals surface area contributed by atoms with Gasteiger partial charge in [-0.2, -0.15) is 0 Å². The van der Waals surface area contributed by atoms with Crippen LogP contribution in [0.4, 0.5) is 13.2 Å². The maximum absolute atomic E-state index is 14.7. The van der Waals surface area contributed by atoms with Gasteiger partial charge in [-0.05, 0) is 31.3 Å². The summed E-state index contributed by atoms with van der Waals surface area (Å²) in [5.74, 6) is -2.21. The second kappa shape index (κ2) is 6.66. The highest BCUT2D eigenvalue weighted by molar-refractivity contribution is 5.82. The second-order valence-electron chi connectivity index (χ2n) is 7.18. The molecule has 0 bridgehead atoms. The lowest BCUT2D eigenvalue weighted by atomic mass is 10.2. The summed E-state index contributed by atoms with van der Waals surface area (Å²) < 4.78 is 49.0. The molecule has 0 saturated heterocycles. The van der Waals surface area contributed by atoms with Crippen molar-refractivity contribution in [2.75, 3.05) is 13.6 Å². The molecule has 0 unspecified atom stereocenters. The molecule has 1 aliphatic rings. The maximum Gasteiger partial charge on any atom is 0.199 e. The first kappa shape index (κ1) is 17.8. The third kappa shape index (κ3) is 3.05. The molecule has 3 heterocycles. The molecule has 148 valence electrons. The molecule has 8 heteroatoms. The first-order chi connectivity index (χ1) is 14.0. The Hall–Kier alpha value is -3.26. The zero-order valence-electron chi connectivity index (χ0n) is 15.5. The van der Waals surface area contributed by atoms with Crippen LogP contribution in [0.2, 0.25) is 0 Å². The average molecular weight is 398 g/mol. The van der Waals surface area contributed by atoms with Gasteiger partial charge in [0.1, 0.15) is 17.4 Å². The van der Waals surface area contributed by atoms with E-state index in [0.29, 0.717) is 17.9 Å². The van der Waals surface area contributed by atoms with Gasteiger partial charge in [-0.25, -0.2) is 18.2 Å². The third-order valence-corrected chi connectivity index (χ3v) is 5.14. The number of ether oxygens (including phenoxy) is 1. The van der Waals surface area contributed by atoms with Gasteiger partial charge in [0.25, 0.3) is 0 Å². The van der Waals surface area contributed by atoms with Crippen LogP contribution in [0, 0.1) is 17.5 Å². The van der Waals surface area contributed by atoms with Crippen molar-refractivity contribution in [2.45, 2.75) is 13.0 Å². The molecule has 0 saturated carbocycles. The monoisotopic (exact) mass is 398 g/mol. The van der Waals surface area contributed by atoms with E-state index in [1.165, 1.54) is 30.5 Å². The molecule has 2 aromatic carbocycles. The minimum absolute atomic E-state index is 0.112. The largest absolute Gasteiger partial charge is 0.451 e. The average Bonchev–Trinajstić information content (AvgIpc) is 3.32. The van der Waals surface area contributed by atoms with E-state index in [-0.39, 0.29) is 16.7 Å². The Morgan fingerprint density at radius 2 is 1.97 bits per heavy atom. The molecule has 0 amide bonds. The van der Waals surface area contributed by atoms with Gasteiger partial charge in [-0.15, -0.1) is 0 Å². The molecule has 29 heavy (non-hydrogen) atoms. The number of halogens is 3. The van der Waals surface area contributed by atoms with Crippen LogP contribution in [-0.4, -0.2) is 33.4 Å². The van der Waals surface area contributed by atoms with Crippen molar-refractivity contribution in [1.82, 2.24) is 19.9 Å². The normalized spacial score (nSPS) is 14.3. The lowest BCUT2D eigenvalue weighted by molar-refractivity contribution is 0.307. The predicted molar refractivity (Wildman–Crippen MR) is 102 cm³/mol. The number of likely N-dealkylation sites (N-methyl/N-ethyl adjacent to an activating group) is 1. The number of fused-ring (bicyclic) bond motifs is 2. The number of nitrogens with zero attached hydrogens (tertiary/aromatic N) is 2. The van der Waals surface area contributed by atoms with Crippen molar-refractivity contribution in [3.63, 3.8) is 0 Å². The van der Waals surface area contributed by atoms with Gasteiger partial charge in [0.05, 0.1) is 22.5 Å². The number of H-pyrrole nitrogens is 2. The molecule has 2 N–H and O–H groups in total. The maximum atomic E-state index is 14.7. The molecule has 4 aromatic rings. The highest BCUT2D eigenvalue weighted by atomic mass is 19.1. The second-order valence-corrected chi connectivity index (χ2v) is 7.18. The fourth-order valence-electron chi connectivity index (χ4n) is 3.63. The topological polar surface area (TPSA) is 56.9 Å². The fourth-order valence-corrected chi connectivity index (χ4v) is 3.63. The van der Waals surface area contributed by atoms with E-state index in [4.69, 9.17) is 4.74 Å². The number of nitrogens with one attached hydrogen (secondary N) is 2. The van der Waals surface area contributed by atoms with Crippen molar-refractivity contribution in [2.24, 2.45) is 0 Å². The number of rotatable bonds is 3. The molecule has 5 nitrogen and oxygen atoms in total. The Labute approximate surface area is 164 Å². The van der Waals surface area contributed by atoms with Crippen LogP contribution in [0.15, 0.2) is 36.5 Å². The summed E-state index contributed by atoms with van der Waals surface area (Å²) in [4.78, 5) is 12.6. The first-order valence-electron chi connectivity index (χ1n) is 9.19. The smallest absolute Gasteiger partial charge is 0.199 e. The van der Waals surface area contributed by atoms with E-state index in [2.05, 4.69) is 19.9 Å². The van der Waals surface area contributed by atoms with E-state index in [1.54, 1.807) is 0 Å². The fraction of sp³-hybridized carbons (Fsp3) is 0.190. The van der Waals surface area contributed by atoms with Crippen LogP contribution >= 0.6 is 0 Å². The molecule has 0 spiro atoms. The molecule has 2 aromatic heterocycles. The summed E-state index contributed by atoms with van der Waals surface area (Å²) in [6.07, 6.45) is 2.29. The van der Waals surface area contributed by atoms with E-state index in [0.717, 1.165) is 30.4 Å². The van der Waals surface area contributed by atoms with Gasteiger partial charge >= 0.3 is 0 Å². The van der Waals surface area contributed by atoms with Gasteiger partial charge in [-0.1, -0.05) is 0 Å². The van der Waals surface area contributed by atoms with E-state index in [9.17, 15) is 13.2 Å². The Kier molecular flexibility index (Phi) is 4.09. The number of aromatic nitrogens is 3. The van der Waals surface area contributed by atoms with Crippen LogP contribution in [0.25, 0.3) is 22.3 Å². The highest BCUT2D eigenvalue weighted by Crippen LogP contribution is 2.35. The molecule has 5 rings (SSSR count). The lowest BCUT2D eigenvalue weighted by Gasteiger charge is -2.20. The van der Waals surface area contributed by atoms with E-state index >= 15 is 0 Å². The van der Waals surface area contributed by atoms with E-state index in [1.807, 2.05) is 7.05 Å². The van der Waals surface area contributed by atoms with Gasteiger partial charge in [-0.3, -0.25) is 0 Å². The standard InChI is InChI=1S/C21H17F3N4O/c1-28-7-5-16-18(10-28)27-21(26-16)13-8-11(2-3-14(13)22)29-20-15(23)9-17-12(19(20)24)4-6-25-17/h2-4,6,8-9,25H,5,7,10H2,1H3,(H,26,27). The van der Waals surface area contributed by atoms with Crippen LogP contribution in [-0.2, 0) is 13.0 Å². The van der Waals surface area contributed by atoms with Gasteiger partial charge in [0.15, 0.2) is 17.4 Å². The molecular weight excluding hydrogens is 381 g/mol. The number of benzene rings is 2. The Balaban J connectivity index is 1.52. The van der Waals surface area contributed by atoms with Crippen LogP contribution in [0.1, 0.15) is 11.4 Å². The van der Waals surface area contributed by atoms with Crippen LogP contribution in [0.5, 0.6) is 11.5 Å². The Morgan fingerprint density at radius 1 is 1.10 bits per heavy atom. The van der Waals surface area contributed by atoms with Gasteiger partial charge < -0.3 is 19.6 Å². The summed E-state index contributed by atoms with van der Waals surface area (Å²) in [6, 6.07) is 6.58. The number of hydrogen-bond donors (Lipinski definition) is 2. The van der Waals surface area contributed by atoms with E-state index < -0.39 is 23.2 Å². The third-order valence-electron chi connectivity index (χ3n) is 5.14. The van der Waals surface area contributed by atoms with Crippen molar-refractivity contribution in [1.29, 1.82) is 0 Å². The zero-order valence-corrected chi connectivity index (χ0v) is 15.5. The zero-order chi connectivity index (χ0) is 20.1. The van der Waals surface area contributed by atoms with Crippen molar-refractivity contribution in [3.8, 4) is 22.9 Å². The summed E-state index contributed by atoms with van der Waals surface area (Å²) >= 11 is 0. The highest BCUT2D eigenvalue weighted by Gasteiger charge is 2.21. The number of imidazole rings is 1. The van der Waals surface area contributed by atoms with Crippen LogP contribution in [0.3, 0.4) is 0 Å². The first-order valence-corrected chi connectivity index (χ1v) is 9.19. The SMILES string of the molecule is CN1CCc2nc(-c3cc(Oc4c(F)cc5[nH]ccc5c4F)ccc3F)[nH]c2C1. The quantitative estimate of drug-likeness (QED) is 0.523. The molecule has 0 aliphatic carbocycles. The molecule has 0 atom stereocenters. The minimum atomic E-state index is -0.847. The van der Waals surface area contributed by atoms with Gasteiger partial charge in [0, 0.05) is 37.2 Å². The Bertz CT molecular complexity index is 1230. The van der Waals surface area contributed by atoms with Crippen molar-refractivity contribution < 1.29 is 17.9 Å². The van der Waals surface area contributed by atoms with Crippen molar-refractivity contribution in [3.05, 3.63) is 65.4 Å². The number of aromatic amines is 2. The summed E-state index contributed by atoms with van der Waals surface area (Å²) in [5.41, 5.74) is 2.36. The summed E-state index contributed by atoms with van der Waals surface area (Å²) in [5, 5.41) is 0.214. The van der Waals surface area contributed by atoms with Gasteiger partial charge in [0.2, 0.25) is 0 Å². The predicted octanol–water partition coefficient (Wildman–Crippen LogP) is 4.76. The molecule has 1 aliphatic heterocycles. The van der Waals surface area contributed by atoms with Crippen LogP contribution < -0.4 is 4.74 Å². The number of hydrogen-bond acceptors (Lipinski definition) is 3. The molecular formula is C21H17F3N4O. The molecule has 0 fully saturated rings. The molecule has 0 radical (unpaired) electrons. The Morgan fingerprint density at radius 3 is 2.83 bits per heavy atom. The minimum Gasteiger partial charge on any atom is -0.451 e. The summed E-state index contributed by atoms with van der Waals surface area (Å²) in [6.45, 7) is 1.58.